The van der Waals surface area contributed by atoms with Crippen molar-refractivity contribution in [3.05, 3.63) is 53.1 Å². The summed E-state index contributed by atoms with van der Waals surface area (Å²) in [6.45, 7) is 9.01. The smallest absolute Gasteiger partial charge is 0.243 e. The van der Waals surface area contributed by atoms with Gasteiger partial charge < -0.3 is 10.1 Å². The molecule has 0 unspecified atom stereocenters. The Balaban J connectivity index is 1.78. The summed E-state index contributed by atoms with van der Waals surface area (Å²) in [6.07, 6.45) is 2.98. The van der Waals surface area contributed by atoms with E-state index in [1.54, 1.807) is 18.2 Å². The van der Waals surface area contributed by atoms with Crippen LogP contribution in [0, 0.1) is 12.8 Å². The topological polar surface area (TPSA) is 75.7 Å². The molecule has 1 fully saturated rings. The highest BCUT2D eigenvalue weighted by Gasteiger charge is 2.34. The van der Waals surface area contributed by atoms with Crippen LogP contribution in [0.3, 0.4) is 0 Å². The molecule has 32 heavy (non-hydrogen) atoms. The van der Waals surface area contributed by atoms with E-state index in [1.165, 1.54) is 4.31 Å². The maximum atomic E-state index is 13.3. The third-order valence-electron chi connectivity index (χ3n) is 6.09. The highest BCUT2D eigenvalue weighted by atomic mass is 32.2. The van der Waals surface area contributed by atoms with Crippen LogP contribution in [0.4, 0.5) is 5.69 Å². The molecular weight excluding hydrogens is 424 g/mol. The van der Waals surface area contributed by atoms with Gasteiger partial charge in [0.2, 0.25) is 15.9 Å². The molecule has 1 amide bonds. The van der Waals surface area contributed by atoms with E-state index in [0.29, 0.717) is 31.7 Å². The number of hydrogen-bond donors (Lipinski definition) is 1. The first kappa shape index (κ1) is 24.3. The Labute approximate surface area is 192 Å². The number of anilines is 1. The predicted molar refractivity (Wildman–Crippen MR) is 128 cm³/mol. The van der Waals surface area contributed by atoms with Crippen LogP contribution in [0.15, 0.2) is 41.3 Å². The Morgan fingerprint density at radius 2 is 1.81 bits per heavy atom. The second kappa shape index (κ2) is 10.5. The number of sulfonamides is 1. The molecule has 0 saturated carbocycles. The second-order valence-corrected chi connectivity index (χ2v) is 10.1. The molecule has 1 aliphatic heterocycles. The van der Waals surface area contributed by atoms with Crippen molar-refractivity contribution in [2.45, 2.75) is 58.3 Å². The number of ether oxygens (including phenoxy) is 1. The molecule has 3 rings (SSSR count). The first-order chi connectivity index (χ1) is 15.3. The van der Waals surface area contributed by atoms with Crippen LogP contribution in [0.5, 0.6) is 5.75 Å². The van der Waals surface area contributed by atoms with Crippen molar-refractivity contribution in [3.8, 4) is 5.75 Å². The van der Waals surface area contributed by atoms with E-state index < -0.39 is 10.0 Å². The number of nitrogens with one attached hydrogen (secondary N) is 1. The number of para-hydroxylation sites is 1. The van der Waals surface area contributed by atoms with Crippen molar-refractivity contribution in [1.82, 2.24) is 4.31 Å². The number of piperidine rings is 1. The molecule has 7 heteroatoms. The third kappa shape index (κ3) is 5.15. The summed E-state index contributed by atoms with van der Waals surface area (Å²) in [6, 6.07) is 11.0. The zero-order valence-corrected chi connectivity index (χ0v) is 20.3. The summed E-state index contributed by atoms with van der Waals surface area (Å²) in [4.78, 5) is 13.4. The largest absolute Gasteiger partial charge is 0.494 e. The average molecular weight is 459 g/mol. The molecule has 1 N–H and O–H groups in total. The molecule has 2 aromatic rings. The van der Waals surface area contributed by atoms with Crippen LogP contribution in [-0.4, -0.2) is 38.3 Å². The van der Waals surface area contributed by atoms with Crippen molar-refractivity contribution in [1.29, 1.82) is 0 Å². The maximum absolute atomic E-state index is 13.3. The van der Waals surface area contributed by atoms with Crippen molar-refractivity contribution in [3.63, 3.8) is 0 Å². The van der Waals surface area contributed by atoms with Crippen molar-refractivity contribution >= 4 is 21.6 Å². The molecule has 0 radical (unpaired) electrons. The number of rotatable bonds is 8. The van der Waals surface area contributed by atoms with Gasteiger partial charge in [-0.25, -0.2) is 8.42 Å². The lowest BCUT2D eigenvalue weighted by molar-refractivity contribution is -0.120. The summed E-state index contributed by atoms with van der Waals surface area (Å²) in [5.74, 6) is 0.198. The fourth-order valence-electron chi connectivity index (χ4n) is 4.25. The van der Waals surface area contributed by atoms with Crippen LogP contribution >= 0.6 is 0 Å². The quantitative estimate of drug-likeness (QED) is 0.629. The average Bonchev–Trinajstić information content (AvgIpc) is 2.80. The van der Waals surface area contributed by atoms with Gasteiger partial charge in [-0.05, 0) is 74.4 Å². The van der Waals surface area contributed by atoms with E-state index in [1.807, 2.05) is 32.0 Å². The van der Waals surface area contributed by atoms with Crippen molar-refractivity contribution in [2.24, 2.45) is 5.92 Å². The summed E-state index contributed by atoms with van der Waals surface area (Å²) < 4.78 is 33.6. The molecule has 1 heterocycles. The first-order valence-electron chi connectivity index (χ1n) is 11.5. The van der Waals surface area contributed by atoms with Gasteiger partial charge in [-0.1, -0.05) is 32.0 Å². The molecule has 0 spiro atoms. The minimum absolute atomic E-state index is 0.108. The van der Waals surface area contributed by atoms with Crippen LogP contribution < -0.4 is 10.1 Å². The van der Waals surface area contributed by atoms with Crippen LogP contribution in [0.25, 0.3) is 0 Å². The Morgan fingerprint density at radius 1 is 1.12 bits per heavy atom. The minimum Gasteiger partial charge on any atom is -0.494 e. The molecule has 1 atom stereocenters. The van der Waals surface area contributed by atoms with Gasteiger partial charge in [-0.15, -0.1) is 0 Å². The van der Waals surface area contributed by atoms with E-state index in [0.717, 1.165) is 35.2 Å². The van der Waals surface area contributed by atoms with Crippen LogP contribution in [0.1, 0.15) is 50.3 Å². The number of amides is 1. The summed E-state index contributed by atoms with van der Waals surface area (Å²) in [5.41, 5.74) is 3.86. The summed E-state index contributed by atoms with van der Waals surface area (Å²) >= 11 is 0. The highest BCUT2D eigenvalue weighted by Crippen LogP contribution is 2.29. The SMILES string of the molecule is CCOc1ccc(S(=O)(=O)N2CCC[C@@H](C(=O)Nc3c(CC)cccc3CC)C2)cc1C. The van der Waals surface area contributed by atoms with E-state index in [9.17, 15) is 13.2 Å². The van der Waals surface area contributed by atoms with Gasteiger partial charge in [0.1, 0.15) is 5.75 Å². The zero-order chi connectivity index (χ0) is 23.3. The lowest BCUT2D eigenvalue weighted by Gasteiger charge is -2.31. The first-order valence-corrected chi connectivity index (χ1v) is 12.9. The van der Waals surface area contributed by atoms with Gasteiger partial charge in [0.25, 0.3) is 0 Å². The number of nitrogens with zero attached hydrogens (tertiary/aromatic N) is 1. The van der Waals surface area contributed by atoms with Crippen LogP contribution in [0.2, 0.25) is 0 Å². The number of carbonyl (C=O) groups excluding carboxylic acids is 1. The highest BCUT2D eigenvalue weighted by molar-refractivity contribution is 7.89. The van der Waals surface area contributed by atoms with Crippen molar-refractivity contribution in [2.75, 3.05) is 25.0 Å². The molecule has 1 aliphatic rings. The van der Waals surface area contributed by atoms with E-state index in [4.69, 9.17) is 4.74 Å². The predicted octanol–water partition coefficient (Wildman–Crippen LogP) is 4.56. The molecule has 2 aromatic carbocycles. The fraction of sp³-hybridized carbons (Fsp3) is 0.480. The van der Waals surface area contributed by atoms with Gasteiger partial charge >= 0.3 is 0 Å². The molecule has 174 valence electrons. The minimum atomic E-state index is -3.68. The molecule has 6 nitrogen and oxygen atoms in total. The molecule has 0 bridgehead atoms. The lowest BCUT2D eigenvalue weighted by Crippen LogP contribution is -2.43. The number of hydrogen-bond acceptors (Lipinski definition) is 4. The monoisotopic (exact) mass is 458 g/mol. The molecule has 1 saturated heterocycles. The van der Waals surface area contributed by atoms with E-state index >= 15 is 0 Å². The Morgan fingerprint density at radius 3 is 2.41 bits per heavy atom. The zero-order valence-electron chi connectivity index (χ0n) is 19.5. The van der Waals surface area contributed by atoms with E-state index in [-0.39, 0.29) is 23.3 Å². The van der Waals surface area contributed by atoms with Gasteiger partial charge in [-0.2, -0.15) is 4.31 Å². The van der Waals surface area contributed by atoms with Gasteiger partial charge in [0.05, 0.1) is 17.4 Å². The van der Waals surface area contributed by atoms with E-state index in [2.05, 4.69) is 19.2 Å². The number of benzene rings is 2. The summed E-state index contributed by atoms with van der Waals surface area (Å²) in [7, 11) is -3.68. The molecule has 0 aliphatic carbocycles. The lowest BCUT2D eigenvalue weighted by atomic mass is 9.97. The normalized spacial score (nSPS) is 17.2. The number of carbonyl (C=O) groups is 1. The molecular formula is C25H34N2O4S. The standard InChI is InChI=1S/C25H34N2O4S/c1-5-19-10-8-11-20(6-2)24(19)26-25(28)21-12-9-15-27(17-21)32(29,30)22-13-14-23(31-7-3)18(4)16-22/h8,10-11,13-14,16,21H,5-7,9,12,15,17H2,1-4H3,(H,26,28)/t21-/m1/s1. The fourth-order valence-corrected chi connectivity index (χ4v) is 5.86. The van der Waals surface area contributed by atoms with Crippen LogP contribution in [-0.2, 0) is 27.7 Å². The Kier molecular flexibility index (Phi) is 7.96. The third-order valence-corrected chi connectivity index (χ3v) is 7.95. The van der Waals surface area contributed by atoms with Gasteiger partial charge in [0.15, 0.2) is 0 Å². The Hall–Kier alpha value is -2.38. The summed E-state index contributed by atoms with van der Waals surface area (Å²) in [5, 5.41) is 3.12. The second-order valence-electron chi connectivity index (χ2n) is 8.21. The van der Waals surface area contributed by atoms with Crippen molar-refractivity contribution < 1.29 is 17.9 Å². The van der Waals surface area contributed by atoms with Gasteiger partial charge in [-0.3, -0.25) is 4.79 Å². The Bertz CT molecular complexity index is 1040. The van der Waals surface area contributed by atoms with Gasteiger partial charge in [0, 0.05) is 18.8 Å². The maximum Gasteiger partial charge on any atom is 0.243 e. The molecule has 0 aromatic heterocycles. The number of aryl methyl sites for hydroxylation is 3.